The van der Waals surface area contributed by atoms with Gasteiger partial charge in [0.25, 0.3) is 0 Å². The van der Waals surface area contributed by atoms with Crippen LogP contribution in [0, 0.1) is 0 Å². The van der Waals surface area contributed by atoms with E-state index in [1.165, 1.54) is 27.7 Å². The first-order valence-corrected chi connectivity index (χ1v) is 6.90. The predicted molar refractivity (Wildman–Crippen MR) is 68.1 cm³/mol. The summed E-state index contributed by atoms with van der Waals surface area (Å²) in [6.07, 6.45) is 2.28. The predicted octanol–water partition coefficient (Wildman–Crippen LogP) is -0.392. The summed E-state index contributed by atoms with van der Waals surface area (Å²) in [6, 6.07) is -0.899. The molecule has 2 aliphatic rings. The van der Waals surface area contributed by atoms with Gasteiger partial charge in [0.15, 0.2) is 6.29 Å². The van der Waals surface area contributed by atoms with Crippen LogP contribution in [0.25, 0.3) is 0 Å². The van der Waals surface area contributed by atoms with Gasteiger partial charge in [-0.15, -0.1) is 11.8 Å². The molecule has 1 amide bonds. The molecule has 3 atom stereocenters. The van der Waals surface area contributed by atoms with Gasteiger partial charge in [0, 0.05) is 0 Å². The summed E-state index contributed by atoms with van der Waals surface area (Å²) < 4.78 is -0.720. The Hall–Kier alpha value is -1.90. The molecule has 106 valence electrons. The van der Waals surface area contributed by atoms with E-state index in [0.717, 1.165) is 0 Å². The molecular formula is C11H12N4O4S. The number of aromatic nitrogens is 3. The fourth-order valence-corrected chi connectivity index (χ4v) is 4.44. The monoisotopic (exact) mass is 296 g/mol. The molecule has 0 aromatic carbocycles. The molecule has 3 unspecified atom stereocenters. The summed E-state index contributed by atoms with van der Waals surface area (Å²) in [6.45, 7) is 2.01. The third-order valence-corrected chi connectivity index (χ3v) is 5.13. The highest BCUT2D eigenvalue weighted by Gasteiger charge is 2.60. The maximum Gasteiger partial charge on any atom is 0.327 e. The lowest BCUT2D eigenvalue weighted by Gasteiger charge is -2.36. The molecule has 1 aromatic heterocycles. The van der Waals surface area contributed by atoms with E-state index in [2.05, 4.69) is 10.2 Å². The van der Waals surface area contributed by atoms with Crippen molar-refractivity contribution in [3.05, 3.63) is 11.9 Å². The lowest BCUT2D eigenvalue weighted by molar-refractivity contribution is -0.157. The van der Waals surface area contributed by atoms with Crippen molar-refractivity contribution in [2.75, 3.05) is 0 Å². The first-order chi connectivity index (χ1) is 9.44. The number of fused-ring (bicyclic) bond motifs is 1. The molecule has 0 saturated carbocycles. The maximum absolute atomic E-state index is 11.6. The van der Waals surface area contributed by atoms with Crippen LogP contribution in [0.2, 0.25) is 0 Å². The van der Waals surface area contributed by atoms with Crippen molar-refractivity contribution < 1.29 is 19.5 Å². The van der Waals surface area contributed by atoms with Crippen molar-refractivity contribution >= 4 is 29.9 Å². The molecule has 8 nitrogen and oxygen atoms in total. The quantitative estimate of drug-likeness (QED) is 0.595. The van der Waals surface area contributed by atoms with E-state index in [-0.39, 0.29) is 23.5 Å². The van der Waals surface area contributed by atoms with E-state index >= 15 is 0 Å². The zero-order valence-corrected chi connectivity index (χ0v) is 11.4. The van der Waals surface area contributed by atoms with E-state index in [4.69, 9.17) is 0 Å². The van der Waals surface area contributed by atoms with Crippen molar-refractivity contribution in [1.29, 1.82) is 0 Å². The Balaban J connectivity index is 1.87. The highest BCUT2D eigenvalue weighted by Crippen LogP contribution is 2.51. The Morgan fingerprint density at radius 3 is 3.00 bits per heavy atom. The molecule has 0 spiro atoms. The second-order valence-corrected chi connectivity index (χ2v) is 6.76. The number of amides is 1. The minimum atomic E-state index is -1.03. The number of aliphatic carboxylic acids is 1. The van der Waals surface area contributed by atoms with E-state index in [1.807, 2.05) is 0 Å². The molecule has 0 bridgehead atoms. The number of carboxylic acid groups (broad SMARTS) is 1. The minimum Gasteiger partial charge on any atom is -0.480 e. The van der Waals surface area contributed by atoms with Gasteiger partial charge >= 0.3 is 5.97 Å². The lowest BCUT2D eigenvalue weighted by atomic mass is 9.96. The van der Waals surface area contributed by atoms with Gasteiger partial charge in [-0.2, -0.15) is 15.0 Å². The number of hydrogen-bond acceptors (Lipinski definition) is 6. The molecule has 1 aromatic rings. The fraction of sp³-hybridized carbons (Fsp3) is 0.545. The highest BCUT2D eigenvalue weighted by atomic mass is 32.2. The Bertz CT molecular complexity index is 603. The van der Waals surface area contributed by atoms with Crippen LogP contribution in [0.5, 0.6) is 0 Å². The van der Waals surface area contributed by atoms with E-state index in [9.17, 15) is 19.5 Å². The van der Waals surface area contributed by atoms with Gasteiger partial charge in [-0.25, -0.2) is 4.79 Å². The standard InChI is InChI=1S/C11H12N4O4S/c1-11(5-14-12-3-6(4-16)13-14)9(10(18)19)15-7(17)2-8(15)20-11/h3-4,8-9H,2,5H2,1H3,(H,18,19). The van der Waals surface area contributed by atoms with Crippen molar-refractivity contribution in [3.8, 4) is 0 Å². The van der Waals surface area contributed by atoms with Crippen molar-refractivity contribution in [2.24, 2.45) is 0 Å². The smallest absolute Gasteiger partial charge is 0.327 e. The largest absolute Gasteiger partial charge is 0.480 e. The molecule has 2 aliphatic heterocycles. The summed E-state index contributed by atoms with van der Waals surface area (Å²) >= 11 is 1.45. The Morgan fingerprint density at radius 1 is 1.70 bits per heavy atom. The topological polar surface area (TPSA) is 105 Å². The highest BCUT2D eigenvalue weighted by molar-refractivity contribution is 8.01. The molecule has 2 fully saturated rings. The van der Waals surface area contributed by atoms with Crippen LogP contribution < -0.4 is 0 Å². The molecule has 3 heterocycles. The molecule has 0 aliphatic carbocycles. The van der Waals surface area contributed by atoms with Crippen LogP contribution in [0.15, 0.2) is 6.20 Å². The van der Waals surface area contributed by atoms with Crippen molar-refractivity contribution in [2.45, 2.75) is 36.1 Å². The van der Waals surface area contributed by atoms with Crippen molar-refractivity contribution in [3.63, 3.8) is 0 Å². The average Bonchev–Trinajstić information content (AvgIpc) is 2.90. The lowest BCUT2D eigenvalue weighted by Crippen LogP contribution is -2.58. The molecule has 2 saturated heterocycles. The van der Waals surface area contributed by atoms with Crippen LogP contribution in [0.1, 0.15) is 23.8 Å². The van der Waals surface area contributed by atoms with Gasteiger partial charge in [-0.1, -0.05) is 0 Å². The van der Waals surface area contributed by atoms with Crippen LogP contribution in [0.4, 0.5) is 0 Å². The average molecular weight is 296 g/mol. The molecule has 1 N–H and O–H groups in total. The summed E-state index contributed by atoms with van der Waals surface area (Å²) in [4.78, 5) is 36.4. The number of nitrogens with zero attached hydrogens (tertiary/aromatic N) is 4. The number of carbonyl (C=O) groups excluding carboxylic acids is 2. The normalized spacial score (nSPS) is 31.9. The molecule has 9 heteroatoms. The van der Waals surface area contributed by atoms with Gasteiger partial charge in [-0.3, -0.25) is 9.59 Å². The Labute approximate surface area is 118 Å². The van der Waals surface area contributed by atoms with Crippen molar-refractivity contribution in [1.82, 2.24) is 19.9 Å². The Morgan fingerprint density at radius 2 is 2.45 bits per heavy atom. The SMILES string of the molecule is CC1(Cn2ncc(C=O)n2)SC2CC(=O)N2C1C(=O)O. The number of aldehydes is 1. The second-order valence-electron chi connectivity index (χ2n) is 5.05. The van der Waals surface area contributed by atoms with Crippen LogP contribution in [-0.4, -0.2) is 59.3 Å². The summed E-state index contributed by atoms with van der Waals surface area (Å²) in [7, 11) is 0. The van der Waals surface area contributed by atoms with E-state index < -0.39 is 16.8 Å². The third kappa shape index (κ3) is 1.80. The molecule has 0 radical (unpaired) electrons. The first kappa shape index (κ1) is 13.1. The van der Waals surface area contributed by atoms with E-state index in [0.29, 0.717) is 12.7 Å². The fourth-order valence-electron chi connectivity index (χ4n) is 2.71. The van der Waals surface area contributed by atoms with Gasteiger partial charge < -0.3 is 10.0 Å². The van der Waals surface area contributed by atoms with Crippen LogP contribution >= 0.6 is 11.8 Å². The number of rotatable bonds is 4. The van der Waals surface area contributed by atoms with Gasteiger partial charge in [0.2, 0.25) is 5.91 Å². The van der Waals surface area contributed by atoms with E-state index in [1.54, 1.807) is 6.92 Å². The number of hydrogen-bond donors (Lipinski definition) is 1. The number of carbonyl (C=O) groups is 3. The summed E-state index contributed by atoms with van der Waals surface area (Å²) in [5.41, 5.74) is 0.197. The summed E-state index contributed by atoms with van der Waals surface area (Å²) in [5.74, 6) is -1.17. The number of carboxylic acids is 1. The third-order valence-electron chi connectivity index (χ3n) is 3.57. The number of thioether (sulfide) groups is 1. The second kappa shape index (κ2) is 4.30. The zero-order chi connectivity index (χ0) is 14.5. The van der Waals surface area contributed by atoms with Gasteiger partial charge in [-0.05, 0) is 6.92 Å². The molecule has 20 heavy (non-hydrogen) atoms. The molecule has 3 rings (SSSR count). The Kier molecular flexibility index (Phi) is 2.82. The first-order valence-electron chi connectivity index (χ1n) is 6.02. The zero-order valence-electron chi connectivity index (χ0n) is 10.6. The van der Waals surface area contributed by atoms with Crippen LogP contribution in [-0.2, 0) is 16.1 Å². The number of β-lactam (4-membered cyclic amide) rings is 1. The van der Waals surface area contributed by atoms with Gasteiger partial charge in [0.1, 0.15) is 11.7 Å². The maximum atomic E-state index is 11.6. The van der Waals surface area contributed by atoms with Gasteiger partial charge in [0.05, 0.1) is 29.3 Å². The van der Waals surface area contributed by atoms with Crippen LogP contribution in [0.3, 0.4) is 0 Å². The molecular weight excluding hydrogens is 284 g/mol. The minimum absolute atomic E-state index is 0.0882. The summed E-state index contributed by atoms with van der Waals surface area (Å²) in [5, 5.41) is 17.2.